The normalized spacial score (nSPS) is 11.3. The van der Waals surface area contributed by atoms with Gasteiger partial charge in [0, 0.05) is 5.71 Å². The molecule has 0 fully saturated rings. The highest BCUT2D eigenvalue weighted by Crippen LogP contribution is 1.99. The van der Waals surface area contributed by atoms with Gasteiger partial charge in [-0.25, -0.2) is 10.2 Å². The summed E-state index contributed by atoms with van der Waals surface area (Å²) in [5.74, 6) is 0. The maximum absolute atomic E-state index is 10.2. The van der Waals surface area contributed by atoms with E-state index < -0.39 is 6.03 Å². The molecule has 0 saturated heterocycles. The molecule has 0 spiro atoms. The van der Waals surface area contributed by atoms with E-state index in [-0.39, 0.29) is 0 Å². The summed E-state index contributed by atoms with van der Waals surface area (Å²) in [7, 11) is 0. The van der Waals surface area contributed by atoms with Crippen LogP contribution in [0.5, 0.6) is 0 Å². The van der Waals surface area contributed by atoms with Gasteiger partial charge in [-0.3, -0.25) is 0 Å². The first kappa shape index (κ1) is 10.9. The number of carbonyl (C=O) groups excluding carboxylic acids is 1. The van der Waals surface area contributed by atoms with Gasteiger partial charge in [0.15, 0.2) is 0 Å². The molecule has 0 aliphatic carbocycles. The fraction of sp³-hybridized carbons (Fsp3) is 0.750. The zero-order valence-corrected chi connectivity index (χ0v) is 7.76. The molecule has 0 aliphatic rings. The summed E-state index contributed by atoms with van der Waals surface area (Å²) in [6.07, 6.45) is 4.43. The number of unbranched alkanes of at least 4 members (excludes halogenated alkanes) is 2. The van der Waals surface area contributed by atoms with Gasteiger partial charge in [0.05, 0.1) is 0 Å². The Kier molecular flexibility index (Phi) is 6.05. The predicted molar refractivity (Wildman–Crippen MR) is 50.0 cm³/mol. The van der Waals surface area contributed by atoms with Crippen LogP contribution in [0.3, 0.4) is 0 Å². The highest BCUT2D eigenvalue weighted by atomic mass is 16.2. The van der Waals surface area contributed by atoms with Crippen LogP contribution in [0.15, 0.2) is 5.10 Å². The third-order valence-electron chi connectivity index (χ3n) is 1.50. The van der Waals surface area contributed by atoms with Gasteiger partial charge in [0.25, 0.3) is 0 Å². The summed E-state index contributed by atoms with van der Waals surface area (Å²) in [6, 6.07) is -0.607. The van der Waals surface area contributed by atoms with E-state index in [4.69, 9.17) is 5.73 Å². The number of carbonyl (C=O) groups is 1. The van der Waals surface area contributed by atoms with Crippen molar-refractivity contribution < 1.29 is 4.79 Å². The molecule has 0 saturated carbocycles. The lowest BCUT2D eigenvalue weighted by Gasteiger charge is -1.98. The van der Waals surface area contributed by atoms with Crippen LogP contribution in [0.1, 0.15) is 39.5 Å². The molecule has 4 heteroatoms. The van der Waals surface area contributed by atoms with E-state index in [1.807, 2.05) is 6.92 Å². The zero-order chi connectivity index (χ0) is 9.40. The monoisotopic (exact) mass is 171 g/mol. The van der Waals surface area contributed by atoms with E-state index >= 15 is 0 Å². The average molecular weight is 171 g/mol. The van der Waals surface area contributed by atoms with Crippen molar-refractivity contribution >= 4 is 11.7 Å². The number of nitrogens with one attached hydrogen (secondary N) is 1. The Morgan fingerprint density at radius 3 is 2.67 bits per heavy atom. The zero-order valence-electron chi connectivity index (χ0n) is 7.76. The average Bonchev–Trinajstić information content (AvgIpc) is 2.01. The van der Waals surface area contributed by atoms with Crippen molar-refractivity contribution in [3.63, 3.8) is 0 Å². The topological polar surface area (TPSA) is 67.5 Å². The minimum absolute atomic E-state index is 0.607. The second-order valence-corrected chi connectivity index (χ2v) is 2.78. The molecular formula is C8H17N3O. The van der Waals surface area contributed by atoms with Crippen LogP contribution in [-0.4, -0.2) is 11.7 Å². The number of rotatable bonds is 5. The molecule has 70 valence electrons. The first-order chi connectivity index (χ1) is 5.66. The number of hydrogen-bond donors (Lipinski definition) is 2. The summed E-state index contributed by atoms with van der Waals surface area (Å²) in [5, 5.41) is 3.79. The van der Waals surface area contributed by atoms with Gasteiger partial charge in [-0.1, -0.05) is 19.8 Å². The molecule has 3 N–H and O–H groups in total. The van der Waals surface area contributed by atoms with Crippen LogP contribution in [-0.2, 0) is 0 Å². The van der Waals surface area contributed by atoms with Crippen LogP contribution in [0, 0.1) is 0 Å². The second-order valence-electron chi connectivity index (χ2n) is 2.78. The molecule has 0 atom stereocenters. The molecule has 0 rings (SSSR count). The van der Waals surface area contributed by atoms with Gasteiger partial charge in [-0.15, -0.1) is 0 Å². The molecule has 0 aromatic carbocycles. The van der Waals surface area contributed by atoms with Crippen LogP contribution < -0.4 is 11.2 Å². The van der Waals surface area contributed by atoms with E-state index in [0.29, 0.717) is 0 Å². The quantitative estimate of drug-likeness (QED) is 0.368. The van der Waals surface area contributed by atoms with E-state index in [9.17, 15) is 4.79 Å². The highest BCUT2D eigenvalue weighted by Gasteiger charge is 1.92. The predicted octanol–water partition coefficient (Wildman–Crippen LogP) is 1.61. The molecule has 0 aliphatic heterocycles. The summed E-state index contributed by atoms with van der Waals surface area (Å²) in [5.41, 5.74) is 7.96. The minimum atomic E-state index is -0.607. The molecule has 4 nitrogen and oxygen atoms in total. The standard InChI is InChI=1S/C8H17N3O/c1-3-4-5-6-7(2)10-11-8(9)12/h3-6H2,1-2H3,(H3,9,11,12)/b10-7+. The number of hydrazone groups is 1. The molecule has 12 heavy (non-hydrogen) atoms. The SMILES string of the molecule is CCCCC/C(C)=N/NC(N)=O. The maximum Gasteiger partial charge on any atom is 0.332 e. The summed E-state index contributed by atoms with van der Waals surface area (Å²) < 4.78 is 0. The third kappa shape index (κ3) is 7.05. The Bertz CT molecular complexity index is 166. The van der Waals surface area contributed by atoms with Crippen molar-refractivity contribution in [2.24, 2.45) is 10.8 Å². The number of urea groups is 1. The first-order valence-electron chi connectivity index (χ1n) is 4.25. The van der Waals surface area contributed by atoms with Crippen molar-refractivity contribution in [1.29, 1.82) is 0 Å². The van der Waals surface area contributed by atoms with E-state index in [2.05, 4.69) is 17.5 Å². The van der Waals surface area contributed by atoms with Crippen LogP contribution in [0.25, 0.3) is 0 Å². The number of primary amides is 1. The summed E-state index contributed by atoms with van der Waals surface area (Å²) in [6.45, 7) is 4.03. The fourth-order valence-electron chi connectivity index (χ4n) is 0.837. The molecular weight excluding hydrogens is 154 g/mol. The largest absolute Gasteiger partial charge is 0.350 e. The van der Waals surface area contributed by atoms with Crippen molar-refractivity contribution in [1.82, 2.24) is 5.43 Å². The van der Waals surface area contributed by atoms with Gasteiger partial charge in [0.1, 0.15) is 0 Å². The summed E-state index contributed by atoms with van der Waals surface area (Å²) in [4.78, 5) is 10.2. The lowest BCUT2D eigenvalue weighted by atomic mass is 10.1. The Hall–Kier alpha value is -1.06. The van der Waals surface area contributed by atoms with Crippen molar-refractivity contribution in [3.05, 3.63) is 0 Å². The number of hydrogen-bond acceptors (Lipinski definition) is 2. The summed E-state index contributed by atoms with van der Waals surface area (Å²) >= 11 is 0. The second kappa shape index (κ2) is 6.64. The number of amides is 2. The van der Waals surface area contributed by atoms with Gasteiger partial charge >= 0.3 is 6.03 Å². The lowest BCUT2D eigenvalue weighted by Crippen LogP contribution is -2.25. The Morgan fingerprint density at radius 2 is 2.17 bits per heavy atom. The molecule has 0 aromatic rings. The van der Waals surface area contributed by atoms with Crippen molar-refractivity contribution in [2.45, 2.75) is 39.5 Å². The molecule has 0 radical (unpaired) electrons. The van der Waals surface area contributed by atoms with Gasteiger partial charge < -0.3 is 5.73 Å². The molecule has 2 amide bonds. The maximum atomic E-state index is 10.2. The molecule has 0 bridgehead atoms. The lowest BCUT2D eigenvalue weighted by molar-refractivity contribution is 0.249. The van der Waals surface area contributed by atoms with Crippen LogP contribution in [0.4, 0.5) is 4.79 Å². The van der Waals surface area contributed by atoms with E-state index in [0.717, 1.165) is 18.6 Å². The fourth-order valence-corrected chi connectivity index (χ4v) is 0.837. The number of nitrogens with two attached hydrogens (primary N) is 1. The number of nitrogens with zero attached hydrogens (tertiary/aromatic N) is 1. The van der Waals surface area contributed by atoms with Crippen LogP contribution >= 0.6 is 0 Å². The van der Waals surface area contributed by atoms with Gasteiger partial charge in [0.2, 0.25) is 0 Å². The first-order valence-corrected chi connectivity index (χ1v) is 4.25. The third-order valence-corrected chi connectivity index (χ3v) is 1.50. The molecule has 0 aromatic heterocycles. The Morgan fingerprint density at radius 1 is 1.50 bits per heavy atom. The van der Waals surface area contributed by atoms with Crippen LogP contribution in [0.2, 0.25) is 0 Å². The Labute approximate surface area is 73.2 Å². The van der Waals surface area contributed by atoms with Crippen molar-refractivity contribution in [3.8, 4) is 0 Å². The highest BCUT2D eigenvalue weighted by molar-refractivity contribution is 5.83. The van der Waals surface area contributed by atoms with E-state index in [1.54, 1.807) is 0 Å². The minimum Gasteiger partial charge on any atom is -0.350 e. The molecule has 0 unspecified atom stereocenters. The van der Waals surface area contributed by atoms with Crippen molar-refractivity contribution in [2.75, 3.05) is 0 Å². The Balaban J connectivity index is 3.49. The molecule has 0 heterocycles. The van der Waals surface area contributed by atoms with Gasteiger partial charge in [-0.05, 0) is 19.8 Å². The van der Waals surface area contributed by atoms with Gasteiger partial charge in [-0.2, -0.15) is 5.10 Å². The smallest absolute Gasteiger partial charge is 0.332 e. The van der Waals surface area contributed by atoms with E-state index in [1.165, 1.54) is 12.8 Å².